The molecular formula is C18H26N2O4. The van der Waals surface area contributed by atoms with E-state index in [2.05, 4.69) is 0 Å². The minimum absolute atomic E-state index is 0.112. The Morgan fingerprint density at radius 3 is 2.50 bits per heavy atom. The van der Waals surface area contributed by atoms with Crippen LogP contribution in [0.1, 0.15) is 43.6 Å². The number of ether oxygens (including phenoxy) is 1. The van der Waals surface area contributed by atoms with Gasteiger partial charge < -0.3 is 19.6 Å². The lowest BCUT2D eigenvalue weighted by atomic mass is 10.0. The van der Waals surface area contributed by atoms with Crippen LogP contribution in [0.4, 0.5) is 4.79 Å². The Bertz CT molecular complexity index is 636. The number of phenolic OH excluding ortho intramolecular Hbond substituents is 1. The Labute approximate surface area is 143 Å². The number of carbonyl (C=O) groups excluding carboxylic acids is 2. The van der Waals surface area contributed by atoms with E-state index in [1.54, 1.807) is 34.9 Å². The number of carbonyl (C=O) groups is 2. The highest BCUT2D eigenvalue weighted by molar-refractivity contribution is 5.96. The van der Waals surface area contributed by atoms with E-state index in [1.165, 1.54) is 0 Å². The zero-order valence-corrected chi connectivity index (χ0v) is 15.0. The molecule has 1 aromatic rings. The molecular weight excluding hydrogens is 308 g/mol. The fourth-order valence-corrected chi connectivity index (χ4v) is 2.76. The third-order valence-corrected chi connectivity index (χ3v) is 4.08. The monoisotopic (exact) mass is 334 g/mol. The summed E-state index contributed by atoms with van der Waals surface area (Å²) < 4.78 is 5.39. The van der Waals surface area contributed by atoms with Crippen LogP contribution in [0.25, 0.3) is 0 Å². The zero-order valence-electron chi connectivity index (χ0n) is 15.0. The highest BCUT2D eigenvalue weighted by Gasteiger charge is 2.32. The van der Waals surface area contributed by atoms with Crippen LogP contribution in [-0.2, 0) is 4.74 Å². The fraction of sp³-hybridized carbons (Fsp3) is 0.556. The standard InChI is InChI=1S/C18H26N2O4/c1-12-11-19(17(23)24-18(3,4)5)9-10-20(12)16(22)14-7-6-8-15(21)13(14)2/h6-8,12,21H,9-11H2,1-5H3. The Morgan fingerprint density at radius 2 is 1.92 bits per heavy atom. The van der Waals surface area contributed by atoms with Crippen molar-refractivity contribution in [1.82, 2.24) is 9.80 Å². The third kappa shape index (κ3) is 3.99. The number of amides is 2. The Balaban J connectivity index is 2.07. The van der Waals surface area contributed by atoms with E-state index in [9.17, 15) is 14.7 Å². The zero-order chi connectivity index (χ0) is 18.1. The van der Waals surface area contributed by atoms with Crippen LogP contribution in [0.5, 0.6) is 5.75 Å². The fourth-order valence-electron chi connectivity index (χ4n) is 2.76. The molecule has 6 heteroatoms. The summed E-state index contributed by atoms with van der Waals surface area (Å²) >= 11 is 0. The summed E-state index contributed by atoms with van der Waals surface area (Å²) in [6.07, 6.45) is -0.352. The highest BCUT2D eigenvalue weighted by atomic mass is 16.6. The van der Waals surface area contributed by atoms with Crippen molar-refractivity contribution in [3.05, 3.63) is 29.3 Å². The van der Waals surface area contributed by atoms with Crippen LogP contribution in [0.2, 0.25) is 0 Å². The molecule has 24 heavy (non-hydrogen) atoms. The molecule has 1 aromatic carbocycles. The van der Waals surface area contributed by atoms with Crippen molar-refractivity contribution in [2.24, 2.45) is 0 Å². The van der Waals surface area contributed by atoms with Crippen molar-refractivity contribution >= 4 is 12.0 Å². The Hall–Kier alpha value is -2.24. The minimum atomic E-state index is -0.536. The first-order valence-corrected chi connectivity index (χ1v) is 8.17. The van der Waals surface area contributed by atoms with E-state index in [1.807, 2.05) is 27.7 Å². The normalized spacial score (nSPS) is 18.5. The SMILES string of the molecule is Cc1c(O)cccc1C(=O)N1CCN(C(=O)OC(C)(C)C)CC1C. The second-order valence-corrected chi connectivity index (χ2v) is 7.22. The molecule has 1 heterocycles. The van der Waals surface area contributed by atoms with Crippen LogP contribution in [-0.4, -0.2) is 58.2 Å². The van der Waals surface area contributed by atoms with Gasteiger partial charge in [0.15, 0.2) is 0 Å². The minimum Gasteiger partial charge on any atom is -0.508 e. The molecule has 132 valence electrons. The van der Waals surface area contributed by atoms with E-state index in [4.69, 9.17) is 4.74 Å². The summed E-state index contributed by atoms with van der Waals surface area (Å²) in [6.45, 7) is 10.4. The van der Waals surface area contributed by atoms with E-state index in [0.717, 1.165) is 0 Å². The summed E-state index contributed by atoms with van der Waals surface area (Å²) in [5, 5.41) is 9.80. The molecule has 6 nitrogen and oxygen atoms in total. The van der Waals surface area contributed by atoms with Gasteiger partial charge in [-0.1, -0.05) is 6.07 Å². The molecule has 0 radical (unpaired) electrons. The lowest BCUT2D eigenvalue weighted by Crippen LogP contribution is -2.56. The summed E-state index contributed by atoms with van der Waals surface area (Å²) in [5.74, 6) is -0.0133. The van der Waals surface area contributed by atoms with Gasteiger partial charge in [-0.3, -0.25) is 4.79 Å². The molecule has 0 aromatic heterocycles. The first-order chi connectivity index (χ1) is 11.1. The van der Waals surface area contributed by atoms with Crippen LogP contribution < -0.4 is 0 Å². The summed E-state index contributed by atoms with van der Waals surface area (Å²) in [5.41, 5.74) is 0.531. The Kier molecular flexibility index (Phi) is 5.06. The van der Waals surface area contributed by atoms with E-state index in [0.29, 0.717) is 30.8 Å². The first kappa shape index (κ1) is 18.1. The quantitative estimate of drug-likeness (QED) is 0.857. The number of hydrogen-bond donors (Lipinski definition) is 1. The Morgan fingerprint density at radius 1 is 1.25 bits per heavy atom. The molecule has 0 spiro atoms. The van der Waals surface area contributed by atoms with Gasteiger partial charge in [0, 0.05) is 36.8 Å². The number of aromatic hydroxyl groups is 1. The number of benzene rings is 1. The number of hydrogen-bond acceptors (Lipinski definition) is 4. The second kappa shape index (κ2) is 6.71. The lowest BCUT2D eigenvalue weighted by Gasteiger charge is -2.40. The van der Waals surface area contributed by atoms with Crippen molar-refractivity contribution in [3.63, 3.8) is 0 Å². The van der Waals surface area contributed by atoms with Crippen molar-refractivity contribution in [3.8, 4) is 5.75 Å². The van der Waals surface area contributed by atoms with Gasteiger partial charge in [-0.05, 0) is 46.8 Å². The molecule has 1 unspecified atom stereocenters. The summed E-state index contributed by atoms with van der Waals surface area (Å²) in [7, 11) is 0. The molecule has 0 saturated carbocycles. The van der Waals surface area contributed by atoms with Gasteiger partial charge in [-0.25, -0.2) is 4.79 Å². The molecule has 1 saturated heterocycles. The van der Waals surface area contributed by atoms with Crippen molar-refractivity contribution < 1.29 is 19.4 Å². The van der Waals surface area contributed by atoms with Gasteiger partial charge in [0.2, 0.25) is 0 Å². The smallest absolute Gasteiger partial charge is 0.410 e. The maximum absolute atomic E-state index is 12.8. The average molecular weight is 334 g/mol. The number of nitrogens with zero attached hydrogens (tertiary/aromatic N) is 2. The first-order valence-electron chi connectivity index (χ1n) is 8.17. The maximum Gasteiger partial charge on any atom is 0.410 e. The molecule has 2 amide bonds. The van der Waals surface area contributed by atoms with E-state index < -0.39 is 5.60 Å². The number of phenols is 1. The molecule has 0 aliphatic carbocycles. The average Bonchev–Trinajstić information content (AvgIpc) is 2.47. The van der Waals surface area contributed by atoms with Gasteiger partial charge in [-0.15, -0.1) is 0 Å². The van der Waals surface area contributed by atoms with E-state index in [-0.39, 0.29) is 23.8 Å². The predicted octanol–water partition coefficient (Wildman–Crippen LogP) is 2.78. The predicted molar refractivity (Wildman–Crippen MR) is 91.1 cm³/mol. The van der Waals surface area contributed by atoms with Gasteiger partial charge in [0.25, 0.3) is 5.91 Å². The lowest BCUT2D eigenvalue weighted by molar-refractivity contribution is 0.00615. The summed E-state index contributed by atoms with van der Waals surface area (Å²) in [6, 6.07) is 4.82. The highest BCUT2D eigenvalue weighted by Crippen LogP contribution is 2.23. The van der Waals surface area contributed by atoms with Crippen molar-refractivity contribution in [1.29, 1.82) is 0 Å². The molecule has 1 aliphatic heterocycles. The maximum atomic E-state index is 12.8. The molecule has 1 fully saturated rings. The van der Waals surface area contributed by atoms with Crippen LogP contribution in [0.3, 0.4) is 0 Å². The second-order valence-electron chi connectivity index (χ2n) is 7.22. The molecule has 1 atom stereocenters. The molecule has 1 aliphatic rings. The molecule has 0 bridgehead atoms. The van der Waals surface area contributed by atoms with Crippen LogP contribution in [0, 0.1) is 6.92 Å². The summed E-state index contributed by atoms with van der Waals surface area (Å²) in [4.78, 5) is 28.3. The van der Waals surface area contributed by atoms with Crippen LogP contribution >= 0.6 is 0 Å². The van der Waals surface area contributed by atoms with E-state index >= 15 is 0 Å². The van der Waals surface area contributed by atoms with Crippen molar-refractivity contribution in [2.75, 3.05) is 19.6 Å². The third-order valence-electron chi connectivity index (χ3n) is 4.08. The van der Waals surface area contributed by atoms with Crippen molar-refractivity contribution in [2.45, 2.75) is 46.3 Å². The van der Waals surface area contributed by atoms with Crippen LogP contribution in [0.15, 0.2) is 18.2 Å². The number of rotatable bonds is 1. The topological polar surface area (TPSA) is 70.1 Å². The molecule has 1 N–H and O–H groups in total. The molecule has 2 rings (SSSR count). The van der Waals surface area contributed by atoms with Gasteiger partial charge in [0.05, 0.1) is 0 Å². The number of piperazine rings is 1. The van der Waals surface area contributed by atoms with Gasteiger partial charge in [-0.2, -0.15) is 0 Å². The van der Waals surface area contributed by atoms with Gasteiger partial charge >= 0.3 is 6.09 Å². The largest absolute Gasteiger partial charge is 0.508 e. The van der Waals surface area contributed by atoms with Gasteiger partial charge in [0.1, 0.15) is 11.4 Å².